The second kappa shape index (κ2) is 10.4. The number of fused-ring (bicyclic) bond motifs is 1. The smallest absolute Gasteiger partial charge is 0.471 e. The number of hydrogen-bond acceptors (Lipinski definition) is 6. The van der Waals surface area contributed by atoms with Gasteiger partial charge in [-0.1, -0.05) is 6.07 Å². The van der Waals surface area contributed by atoms with Crippen LogP contribution >= 0.6 is 0 Å². The summed E-state index contributed by atoms with van der Waals surface area (Å²) in [7, 11) is 0. The fraction of sp³-hybridized carbons (Fsp3) is 0.250. The first-order valence-electron chi connectivity index (χ1n) is 10.7. The Balaban J connectivity index is 1.73. The van der Waals surface area contributed by atoms with Gasteiger partial charge in [0.05, 0.1) is 0 Å². The van der Waals surface area contributed by atoms with Crippen LogP contribution in [0.5, 0.6) is 11.5 Å². The number of rotatable bonds is 7. The van der Waals surface area contributed by atoms with E-state index in [4.69, 9.17) is 9.47 Å². The molecule has 11 heteroatoms. The first kappa shape index (κ1) is 24.0. The van der Waals surface area contributed by atoms with Gasteiger partial charge < -0.3 is 19.7 Å². The van der Waals surface area contributed by atoms with Crippen LogP contribution in [0.3, 0.4) is 0 Å². The number of halogens is 3. The summed E-state index contributed by atoms with van der Waals surface area (Å²) in [6.45, 7) is 0.134. The highest BCUT2D eigenvalue weighted by Crippen LogP contribution is 2.36. The Bertz CT molecular complexity index is 1180. The number of amides is 2. The van der Waals surface area contributed by atoms with E-state index in [0.717, 1.165) is 0 Å². The van der Waals surface area contributed by atoms with E-state index in [0.29, 0.717) is 28.4 Å². The molecule has 1 unspecified atom stereocenters. The van der Waals surface area contributed by atoms with E-state index in [9.17, 15) is 22.8 Å². The number of benzene rings is 1. The molecule has 1 atom stereocenters. The molecular weight excluding hydrogens is 465 g/mol. The lowest BCUT2D eigenvalue weighted by Crippen LogP contribution is -2.48. The second-order valence-electron chi connectivity index (χ2n) is 7.67. The molecule has 8 nitrogen and oxygen atoms in total. The normalized spacial score (nSPS) is 13.6. The molecule has 182 valence electrons. The molecule has 0 aliphatic carbocycles. The Hall–Kier alpha value is -4.15. The van der Waals surface area contributed by atoms with Gasteiger partial charge in [-0.25, -0.2) is 0 Å². The summed E-state index contributed by atoms with van der Waals surface area (Å²) < 4.78 is 52.1. The Morgan fingerprint density at radius 2 is 1.51 bits per heavy atom. The molecule has 0 radical (unpaired) electrons. The molecule has 1 aliphatic heterocycles. The number of ether oxygens (including phenoxy) is 2. The number of nitrogens with one attached hydrogen (secondary N) is 1. The van der Waals surface area contributed by atoms with Gasteiger partial charge in [-0.3, -0.25) is 19.6 Å². The van der Waals surface area contributed by atoms with E-state index >= 15 is 0 Å². The number of carbonyl (C=O) groups excluding carboxylic acids is 2. The molecule has 35 heavy (non-hydrogen) atoms. The molecule has 4 rings (SSSR count). The third kappa shape index (κ3) is 5.86. The fourth-order valence-corrected chi connectivity index (χ4v) is 3.62. The number of pyridine rings is 2. The lowest BCUT2D eigenvalue weighted by Gasteiger charge is -2.32. The lowest BCUT2D eigenvalue weighted by molar-refractivity contribution is -0.189. The van der Waals surface area contributed by atoms with Crippen molar-refractivity contribution in [2.75, 3.05) is 13.2 Å². The largest absolute Gasteiger partial charge is 0.486 e. The zero-order chi connectivity index (χ0) is 24.8. The van der Waals surface area contributed by atoms with Crippen molar-refractivity contribution in [2.24, 2.45) is 0 Å². The van der Waals surface area contributed by atoms with E-state index in [2.05, 4.69) is 15.3 Å². The molecule has 0 fully saturated rings. The van der Waals surface area contributed by atoms with Crippen molar-refractivity contribution in [3.63, 3.8) is 0 Å². The van der Waals surface area contributed by atoms with E-state index < -0.39 is 30.6 Å². The van der Waals surface area contributed by atoms with E-state index in [1.807, 2.05) is 0 Å². The molecule has 3 aromatic rings. The summed E-state index contributed by atoms with van der Waals surface area (Å²) in [4.78, 5) is 34.2. The Morgan fingerprint density at radius 1 is 0.914 bits per heavy atom. The minimum Gasteiger partial charge on any atom is -0.486 e. The van der Waals surface area contributed by atoms with Crippen LogP contribution in [-0.4, -0.2) is 46.1 Å². The second-order valence-corrected chi connectivity index (χ2v) is 7.67. The highest BCUT2D eigenvalue weighted by Gasteiger charge is 2.46. The predicted molar refractivity (Wildman–Crippen MR) is 117 cm³/mol. The van der Waals surface area contributed by atoms with Crippen LogP contribution in [-0.2, 0) is 22.7 Å². The molecule has 1 aliphatic rings. The van der Waals surface area contributed by atoms with Crippen molar-refractivity contribution < 1.29 is 32.2 Å². The number of carbonyl (C=O) groups is 2. The van der Waals surface area contributed by atoms with Crippen LogP contribution in [0.15, 0.2) is 67.3 Å². The Labute approximate surface area is 198 Å². The summed E-state index contributed by atoms with van der Waals surface area (Å²) in [5.74, 6) is -2.25. The lowest BCUT2D eigenvalue weighted by atomic mass is 10.0. The summed E-state index contributed by atoms with van der Waals surface area (Å²) in [6, 6.07) is 9.06. The average molecular weight is 486 g/mol. The van der Waals surface area contributed by atoms with Crippen LogP contribution < -0.4 is 14.8 Å². The SMILES string of the molecule is O=C(NCc1ccncc1)C(c1ccc2c(c1)OCCO2)N(Cc1ccncc1)C(=O)C(F)(F)F. The quantitative estimate of drug-likeness (QED) is 0.552. The number of alkyl halides is 3. The summed E-state index contributed by atoms with van der Waals surface area (Å²) in [6.07, 6.45) is 0.651. The maximum atomic E-state index is 13.7. The van der Waals surface area contributed by atoms with Crippen molar-refractivity contribution >= 4 is 11.8 Å². The van der Waals surface area contributed by atoms with Crippen LogP contribution in [0.25, 0.3) is 0 Å². The molecule has 3 heterocycles. The van der Waals surface area contributed by atoms with Crippen molar-refractivity contribution in [1.82, 2.24) is 20.2 Å². The number of hydrogen-bond donors (Lipinski definition) is 1. The molecule has 2 aromatic heterocycles. The van der Waals surface area contributed by atoms with E-state index in [1.165, 1.54) is 55.1 Å². The van der Waals surface area contributed by atoms with Gasteiger partial charge in [-0.2, -0.15) is 13.2 Å². The Morgan fingerprint density at radius 3 is 2.14 bits per heavy atom. The fourth-order valence-electron chi connectivity index (χ4n) is 3.62. The van der Waals surface area contributed by atoms with Crippen LogP contribution in [0.4, 0.5) is 13.2 Å². The average Bonchev–Trinajstić information content (AvgIpc) is 2.87. The predicted octanol–water partition coefficient (Wildman–Crippen LogP) is 3.20. The van der Waals surface area contributed by atoms with Crippen molar-refractivity contribution in [1.29, 1.82) is 0 Å². The third-order valence-corrected chi connectivity index (χ3v) is 5.26. The van der Waals surface area contributed by atoms with Crippen LogP contribution in [0.2, 0.25) is 0 Å². The van der Waals surface area contributed by atoms with Gasteiger partial charge in [0.15, 0.2) is 11.5 Å². The topological polar surface area (TPSA) is 93.7 Å². The molecule has 0 spiro atoms. The summed E-state index contributed by atoms with van der Waals surface area (Å²) in [5.41, 5.74) is 1.22. The van der Waals surface area contributed by atoms with E-state index in [-0.39, 0.29) is 24.5 Å². The maximum Gasteiger partial charge on any atom is 0.471 e. The maximum absolute atomic E-state index is 13.7. The Kier molecular flexibility index (Phi) is 7.14. The molecule has 0 bridgehead atoms. The van der Waals surface area contributed by atoms with Gasteiger partial charge in [0.1, 0.15) is 19.3 Å². The minimum atomic E-state index is -5.20. The summed E-state index contributed by atoms with van der Waals surface area (Å²) >= 11 is 0. The first-order valence-corrected chi connectivity index (χ1v) is 10.7. The van der Waals surface area contributed by atoms with Gasteiger partial charge in [-0.05, 0) is 53.1 Å². The van der Waals surface area contributed by atoms with Gasteiger partial charge in [0.2, 0.25) is 5.91 Å². The monoisotopic (exact) mass is 486 g/mol. The zero-order valence-corrected chi connectivity index (χ0v) is 18.4. The van der Waals surface area contributed by atoms with Crippen molar-refractivity contribution in [2.45, 2.75) is 25.3 Å². The molecule has 1 N–H and O–H groups in total. The number of aromatic nitrogens is 2. The van der Waals surface area contributed by atoms with E-state index in [1.54, 1.807) is 12.1 Å². The van der Waals surface area contributed by atoms with Crippen LogP contribution in [0.1, 0.15) is 22.7 Å². The first-order chi connectivity index (χ1) is 16.8. The minimum absolute atomic E-state index is 0.0334. The number of nitrogens with zero attached hydrogens (tertiary/aromatic N) is 3. The molecule has 1 aromatic carbocycles. The van der Waals surface area contributed by atoms with Gasteiger partial charge in [0, 0.05) is 37.9 Å². The van der Waals surface area contributed by atoms with Gasteiger partial charge in [-0.15, -0.1) is 0 Å². The zero-order valence-electron chi connectivity index (χ0n) is 18.4. The van der Waals surface area contributed by atoms with Gasteiger partial charge >= 0.3 is 12.1 Å². The molecule has 0 saturated carbocycles. The van der Waals surface area contributed by atoms with Gasteiger partial charge in [0.25, 0.3) is 0 Å². The third-order valence-electron chi connectivity index (χ3n) is 5.26. The molecule has 2 amide bonds. The van der Waals surface area contributed by atoms with Crippen molar-refractivity contribution in [3.8, 4) is 11.5 Å². The standard InChI is InChI=1S/C24H21F3N4O4/c25-24(26,27)23(33)31(15-17-5-9-29-10-6-17)21(22(32)30-14-16-3-7-28-8-4-16)18-1-2-19-20(13-18)35-12-11-34-19/h1-10,13,21H,11-12,14-15H2,(H,30,32). The summed E-state index contributed by atoms with van der Waals surface area (Å²) in [5, 5.41) is 2.64. The highest BCUT2D eigenvalue weighted by molar-refractivity contribution is 5.91. The molecule has 0 saturated heterocycles. The van der Waals surface area contributed by atoms with Crippen molar-refractivity contribution in [3.05, 3.63) is 83.9 Å². The highest BCUT2D eigenvalue weighted by atomic mass is 19.4. The molecular formula is C24H21F3N4O4. The van der Waals surface area contributed by atoms with Crippen LogP contribution in [0, 0.1) is 0 Å².